The van der Waals surface area contributed by atoms with Crippen LogP contribution in [0.15, 0.2) is 41.1 Å². The third-order valence-electron chi connectivity index (χ3n) is 3.60. The van der Waals surface area contributed by atoms with E-state index in [9.17, 15) is 14.7 Å². The van der Waals surface area contributed by atoms with E-state index in [1.807, 2.05) is 0 Å². The number of carbonyl (C=O) groups is 2. The van der Waals surface area contributed by atoms with E-state index in [0.29, 0.717) is 24.4 Å². The number of aromatic hydroxyl groups is 1. The smallest absolute Gasteiger partial charge is 0.340 e. The molecule has 1 aromatic carbocycles. The van der Waals surface area contributed by atoms with Crippen LogP contribution in [0.25, 0.3) is 6.08 Å². The number of carbonyl (C=O) groups excluding carboxylic acids is 2. The first-order chi connectivity index (χ1) is 11.0. The van der Waals surface area contributed by atoms with Crippen LogP contribution in [0.3, 0.4) is 0 Å². The van der Waals surface area contributed by atoms with Gasteiger partial charge in [-0.15, -0.1) is 0 Å². The fourth-order valence-electron chi connectivity index (χ4n) is 2.46. The first-order valence-electron chi connectivity index (χ1n) is 7.10. The van der Waals surface area contributed by atoms with E-state index in [0.717, 1.165) is 0 Å². The maximum Gasteiger partial charge on any atom is 0.340 e. The minimum absolute atomic E-state index is 0.0846. The Morgan fingerprint density at radius 2 is 2.09 bits per heavy atom. The highest BCUT2D eigenvalue weighted by Crippen LogP contribution is 2.31. The highest BCUT2D eigenvalue weighted by molar-refractivity contribution is 6.16. The highest BCUT2D eigenvalue weighted by Gasteiger charge is 2.36. The maximum atomic E-state index is 12.6. The van der Waals surface area contributed by atoms with Crippen molar-refractivity contribution in [1.29, 1.82) is 0 Å². The summed E-state index contributed by atoms with van der Waals surface area (Å²) in [6, 6.07) is 6.45. The van der Waals surface area contributed by atoms with Gasteiger partial charge < -0.3 is 19.5 Å². The van der Waals surface area contributed by atoms with Crippen molar-refractivity contribution in [2.24, 2.45) is 0 Å². The molecule has 23 heavy (non-hydrogen) atoms. The summed E-state index contributed by atoms with van der Waals surface area (Å²) >= 11 is 0. The van der Waals surface area contributed by atoms with Gasteiger partial charge in [-0.05, 0) is 30.7 Å². The van der Waals surface area contributed by atoms with Crippen LogP contribution in [0.1, 0.15) is 12.5 Å². The maximum absolute atomic E-state index is 12.6. The van der Waals surface area contributed by atoms with Gasteiger partial charge in [0, 0.05) is 19.4 Å². The molecule has 6 heteroatoms. The Labute approximate surface area is 134 Å². The molecule has 1 heterocycles. The molecule has 0 saturated carbocycles. The molecule has 0 spiro atoms. The van der Waals surface area contributed by atoms with Gasteiger partial charge in [0.2, 0.25) is 0 Å². The lowest BCUT2D eigenvalue weighted by molar-refractivity contribution is -0.136. The van der Waals surface area contributed by atoms with Crippen molar-refractivity contribution < 1.29 is 24.2 Å². The Bertz CT molecular complexity index is 690. The lowest BCUT2D eigenvalue weighted by Gasteiger charge is -2.16. The Kier molecular flexibility index (Phi) is 5.18. The number of hydrogen-bond donors (Lipinski definition) is 1. The summed E-state index contributed by atoms with van der Waals surface area (Å²) in [5.41, 5.74) is 1.63. The molecule has 1 aliphatic rings. The van der Waals surface area contributed by atoms with Gasteiger partial charge in [-0.3, -0.25) is 4.79 Å². The quantitative estimate of drug-likeness (QED) is 0.661. The standard InChI is InChI=1S/C17H19NO5/c1-11-15(17(21)23-3)14(16(20)18(11)7-8-22-2)10-12-5-4-6-13(19)9-12/h4-6,9-10,19H,7-8H2,1-3H3/b14-10-. The third kappa shape index (κ3) is 3.43. The molecule has 1 aliphatic heterocycles. The number of benzene rings is 1. The number of hydrogen-bond acceptors (Lipinski definition) is 5. The normalized spacial score (nSPS) is 16.4. The third-order valence-corrected chi connectivity index (χ3v) is 3.60. The van der Waals surface area contributed by atoms with Crippen LogP contribution in [0, 0.1) is 0 Å². The summed E-state index contributed by atoms with van der Waals surface area (Å²) in [4.78, 5) is 26.2. The summed E-state index contributed by atoms with van der Waals surface area (Å²) in [6.07, 6.45) is 1.57. The van der Waals surface area contributed by atoms with Gasteiger partial charge in [-0.1, -0.05) is 12.1 Å². The van der Waals surface area contributed by atoms with Gasteiger partial charge in [0.1, 0.15) is 5.75 Å². The number of amides is 1. The van der Waals surface area contributed by atoms with E-state index in [-0.39, 0.29) is 22.8 Å². The molecule has 0 aromatic heterocycles. The van der Waals surface area contributed by atoms with E-state index >= 15 is 0 Å². The predicted molar refractivity (Wildman–Crippen MR) is 84.4 cm³/mol. The lowest BCUT2D eigenvalue weighted by atomic mass is 10.0. The molecule has 1 aromatic rings. The molecule has 0 aliphatic carbocycles. The Morgan fingerprint density at radius 3 is 2.70 bits per heavy atom. The molecular formula is C17H19NO5. The minimum atomic E-state index is -0.567. The molecule has 122 valence electrons. The molecule has 0 fully saturated rings. The zero-order chi connectivity index (χ0) is 17.0. The molecule has 0 radical (unpaired) electrons. The van der Waals surface area contributed by atoms with Gasteiger partial charge in [-0.25, -0.2) is 4.79 Å². The first kappa shape index (κ1) is 16.8. The predicted octanol–water partition coefficient (Wildman–Crippen LogP) is 1.71. The van der Waals surface area contributed by atoms with Gasteiger partial charge in [0.25, 0.3) is 5.91 Å². The van der Waals surface area contributed by atoms with E-state index < -0.39 is 5.97 Å². The average molecular weight is 317 g/mol. The second-order valence-electron chi connectivity index (χ2n) is 5.05. The van der Waals surface area contributed by atoms with Crippen LogP contribution in [0.2, 0.25) is 0 Å². The second kappa shape index (κ2) is 7.11. The summed E-state index contributed by atoms with van der Waals surface area (Å²) in [6.45, 7) is 2.40. The van der Waals surface area contributed by atoms with Crippen LogP contribution >= 0.6 is 0 Å². The van der Waals surface area contributed by atoms with Gasteiger partial charge >= 0.3 is 5.97 Å². The summed E-state index contributed by atoms with van der Waals surface area (Å²) in [7, 11) is 2.82. The zero-order valence-corrected chi connectivity index (χ0v) is 13.3. The number of esters is 1. The number of ether oxygens (including phenoxy) is 2. The number of methoxy groups -OCH3 is 2. The SMILES string of the molecule is COCCN1C(=O)/C(=C\c2cccc(O)c2)C(C(=O)OC)=C1C. The van der Waals surface area contributed by atoms with Crippen LogP contribution in [0.5, 0.6) is 5.75 Å². The van der Waals surface area contributed by atoms with E-state index in [2.05, 4.69) is 0 Å². The first-order valence-corrected chi connectivity index (χ1v) is 7.10. The van der Waals surface area contributed by atoms with Crippen LogP contribution in [-0.2, 0) is 19.1 Å². The average Bonchev–Trinajstić information content (AvgIpc) is 2.76. The van der Waals surface area contributed by atoms with Crippen LogP contribution < -0.4 is 0 Å². The highest BCUT2D eigenvalue weighted by atomic mass is 16.5. The van der Waals surface area contributed by atoms with Crippen molar-refractivity contribution in [2.45, 2.75) is 6.92 Å². The van der Waals surface area contributed by atoms with Crippen molar-refractivity contribution in [3.63, 3.8) is 0 Å². The van der Waals surface area contributed by atoms with E-state index in [1.165, 1.54) is 24.1 Å². The number of phenols is 1. The van der Waals surface area contributed by atoms with Crippen molar-refractivity contribution >= 4 is 18.0 Å². The van der Waals surface area contributed by atoms with Crippen LogP contribution in [0.4, 0.5) is 0 Å². The van der Waals surface area contributed by atoms with Gasteiger partial charge in [0.15, 0.2) is 0 Å². The number of phenolic OH excluding ortho intramolecular Hbond substituents is 1. The van der Waals surface area contributed by atoms with Gasteiger partial charge in [0.05, 0.1) is 24.9 Å². The monoisotopic (exact) mass is 317 g/mol. The Balaban J connectivity index is 2.47. The molecule has 0 unspecified atom stereocenters. The van der Waals surface area contributed by atoms with E-state index in [1.54, 1.807) is 32.2 Å². The molecule has 6 nitrogen and oxygen atoms in total. The number of rotatable bonds is 5. The molecule has 2 rings (SSSR count). The summed E-state index contributed by atoms with van der Waals surface area (Å²) < 4.78 is 9.81. The molecule has 0 saturated heterocycles. The Hall–Kier alpha value is -2.60. The largest absolute Gasteiger partial charge is 0.508 e. The van der Waals surface area contributed by atoms with Crippen molar-refractivity contribution in [3.8, 4) is 5.75 Å². The van der Waals surface area contributed by atoms with E-state index in [4.69, 9.17) is 9.47 Å². The topological polar surface area (TPSA) is 76.1 Å². The molecule has 0 atom stereocenters. The molecule has 0 bridgehead atoms. The van der Waals surface area contributed by atoms with Crippen LogP contribution in [-0.4, -0.2) is 49.3 Å². The summed E-state index contributed by atoms with van der Waals surface area (Å²) in [5.74, 6) is -0.771. The number of allylic oxidation sites excluding steroid dienone is 1. The molecule has 1 amide bonds. The Morgan fingerprint density at radius 1 is 1.35 bits per heavy atom. The van der Waals surface area contributed by atoms with Crippen molar-refractivity contribution in [1.82, 2.24) is 4.90 Å². The van der Waals surface area contributed by atoms with Crippen molar-refractivity contribution in [3.05, 3.63) is 46.7 Å². The summed E-state index contributed by atoms with van der Waals surface area (Å²) in [5, 5.41) is 9.55. The fraction of sp³-hybridized carbons (Fsp3) is 0.294. The fourth-order valence-corrected chi connectivity index (χ4v) is 2.46. The minimum Gasteiger partial charge on any atom is -0.508 e. The second-order valence-corrected chi connectivity index (χ2v) is 5.05. The van der Waals surface area contributed by atoms with Crippen molar-refractivity contribution in [2.75, 3.05) is 27.4 Å². The molecular weight excluding hydrogens is 298 g/mol. The van der Waals surface area contributed by atoms with Gasteiger partial charge in [-0.2, -0.15) is 0 Å². The number of nitrogens with zero attached hydrogens (tertiary/aromatic N) is 1. The lowest BCUT2D eigenvalue weighted by Crippen LogP contribution is -2.28. The zero-order valence-electron chi connectivity index (χ0n) is 13.3. The molecule has 1 N–H and O–H groups in total.